The normalized spacial score (nSPS) is 26.9. The predicted octanol–water partition coefficient (Wildman–Crippen LogP) is 2.91. The Kier molecular flexibility index (Phi) is 3.93. The van der Waals surface area contributed by atoms with Crippen LogP contribution in [0.5, 0.6) is 5.75 Å². The molecule has 2 rings (SSSR count). The zero-order valence-electron chi connectivity index (χ0n) is 11.7. The molecular weight excluding hydrogens is 226 g/mol. The third-order valence-corrected chi connectivity index (χ3v) is 3.22. The van der Waals surface area contributed by atoms with Gasteiger partial charge in [-0.15, -0.1) is 0 Å². The van der Waals surface area contributed by atoms with Gasteiger partial charge in [0.15, 0.2) is 0 Å². The second kappa shape index (κ2) is 5.29. The second-order valence-corrected chi connectivity index (χ2v) is 5.55. The van der Waals surface area contributed by atoms with Gasteiger partial charge in [-0.25, -0.2) is 0 Å². The third kappa shape index (κ3) is 3.03. The Morgan fingerprint density at radius 3 is 2.56 bits per heavy atom. The van der Waals surface area contributed by atoms with Crippen LogP contribution >= 0.6 is 0 Å². The van der Waals surface area contributed by atoms with E-state index in [4.69, 9.17) is 9.47 Å². The van der Waals surface area contributed by atoms with Crippen LogP contribution < -0.4 is 10.1 Å². The minimum absolute atomic E-state index is 0.0567. The Labute approximate surface area is 109 Å². The molecule has 100 valence electrons. The molecule has 0 aromatic heterocycles. The first-order chi connectivity index (χ1) is 8.52. The molecule has 18 heavy (non-hydrogen) atoms. The molecule has 3 nitrogen and oxygen atoms in total. The summed E-state index contributed by atoms with van der Waals surface area (Å²) in [5.41, 5.74) is 1.26. The van der Waals surface area contributed by atoms with Gasteiger partial charge in [0, 0.05) is 11.6 Å². The summed E-state index contributed by atoms with van der Waals surface area (Å²) in [6, 6.07) is 8.51. The van der Waals surface area contributed by atoms with Crippen molar-refractivity contribution in [3.8, 4) is 5.75 Å². The van der Waals surface area contributed by atoms with Crippen LogP contribution in [-0.4, -0.2) is 24.8 Å². The van der Waals surface area contributed by atoms with Gasteiger partial charge in [-0.2, -0.15) is 0 Å². The first-order valence-corrected chi connectivity index (χ1v) is 6.64. The van der Waals surface area contributed by atoms with Crippen LogP contribution in [0, 0.1) is 0 Å². The standard InChI is InChI=1S/C15H23NO2/c1-5-17-13-8-6-12(7-9-13)14-11(2)16-15(3,4)10-18-14/h6-9,11,14,16H,5,10H2,1-4H3. The summed E-state index contributed by atoms with van der Waals surface area (Å²) >= 11 is 0. The summed E-state index contributed by atoms with van der Waals surface area (Å²) in [6.07, 6.45) is 0.119. The van der Waals surface area contributed by atoms with Crippen LogP contribution in [0.15, 0.2) is 24.3 Å². The molecule has 1 fully saturated rings. The van der Waals surface area contributed by atoms with Crippen molar-refractivity contribution in [2.45, 2.75) is 45.4 Å². The Hall–Kier alpha value is -1.06. The van der Waals surface area contributed by atoms with Crippen LogP contribution in [0.25, 0.3) is 0 Å². The van der Waals surface area contributed by atoms with E-state index in [0.29, 0.717) is 12.6 Å². The number of benzene rings is 1. The van der Waals surface area contributed by atoms with Gasteiger partial charge >= 0.3 is 0 Å². The lowest BCUT2D eigenvalue weighted by Gasteiger charge is -2.41. The SMILES string of the molecule is CCOc1ccc(C2OCC(C)(C)NC2C)cc1. The zero-order valence-corrected chi connectivity index (χ0v) is 11.7. The third-order valence-electron chi connectivity index (χ3n) is 3.22. The fraction of sp³-hybridized carbons (Fsp3) is 0.600. The van der Waals surface area contributed by atoms with Gasteiger partial charge in [-0.3, -0.25) is 0 Å². The van der Waals surface area contributed by atoms with Crippen LogP contribution in [0.1, 0.15) is 39.4 Å². The highest BCUT2D eigenvalue weighted by Crippen LogP contribution is 2.29. The minimum Gasteiger partial charge on any atom is -0.494 e. The molecule has 0 bridgehead atoms. The van der Waals surface area contributed by atoms with Crippen molar-refractivity contribution in [3.05, 3.63) is 29.8 Å². The molecule has 2 atom stereocenters. The molecule has 0 radical (unpaired) electrons. The average Bonchev–Trinajstić information content (AvgIpc) is 2.30. The topological polar surface area (TPSA) is 30.5 Å². The van der Waals surface area contributed by atoms with Gasteiger partial charge in [0.05, 0.1) is 19.3 Å². The number of ether oxygens (including phenoxy) is 2. The molecule has 1 aliphatic rings. The molecule has 0 amide bonds. The van der Waals surface area contributed by atoms with E-state index < -0.39 is 0 Å². The fourth-order valence-corrected chi connectivity index (χ4v) is 2.48. The summed E-state index contributed by atoms with van der Waals surface area (Å²) in [6.45, 7) is 9.92. The van der Waals surface area contributed by atoms with Crippen LogP contribution in [0.2, 0.25) is 0 Å². The lowest BCUT2D eigenvalue weighted by atomic mass is 9.96. The summed E-state index contributed by atoms with van der Waals surface area (Å²) in [5.74, 6) is 0.915. The van der Waals surface area contributed by atoms with Gasteiger partial charge in [-0.1, -0.05) is 12.1 Å². The van der Waals surface area contributed by atoms with E-state index in [1.807, 2.05) is 19.1 Å². The molecule has 1 aromatic carbocycles. The van der Waals surface area contributed by atoms with E-state index in [1.54, 1.807) is 0 Å². The van der Waals surface area contributed by atoms with Crippen molar-refractivity contribution < 1.29 is 9.47 Å². The minimum atomic E-state index is 0.0567. The van der Waals surface area contributed by atoms with Crippen molar-refractivity contribution >= 4 is 0 Å². The number of nitrogens with one attached hydrogen (secondary N) is 1. The van der Waals surface area contributed by atoms with Crippen LogP contribution in [0.4, 0.5) is 0 Å². The van der Waals surface area contributed by atoms with E-state index >= 15 is 0 Å². The Morgan fingerprint density at radius 2 is 2.00 bits per heavy atom. The maximum atomic E-state index is 5.99. The number of morpholine rings is 1. The lowest BCUT2D eigenvalue weighted by Crippen LogP contribution is -2.55. The van der Waals surface area contributed by atoms with Gasteiger partial charge in [0.25, 0.3) is 0 Å². The lowest BCUT2D eigenvalue weighted by molar-refractivity contribution is -0.0495. The highest BCUT2D eigenvalue weighted by molar-refractivity contribution is 5.29. The zero-order chi connectivity index (χ0) is 13.2. The molecule has 0 spiro atoms. The quantitative estimate of drug-likeness (QED) is 0.893. The first-order valence-electron chi connectivity index (χ1n) is 6.64. The second-order valence-electron chi connectivity index (χ2n) is 5.55. The Bertz CT molecular complexity index is 386. The summed E-state index contributed by atoms with van der Waals surface area (Å²) in [4.78, 5) is 0. The first kappa shape index (κ1) is 13.4. The molecule has 0 aliphatic carbocycles. The fourth-order valence-electron chi connectivity index (χ4n) is 2.48. The Morgan fingerprint density at radius 1 is 1.33 bits per heavy atom. The molecule has 1 aromatic rings. The predicted molar refractivity (Wildman–Crippen MR) is 73.0 cm³/mol. The van der Waals surface area contributed by atoms with Gasteiger partial charge in [0.1, 0.15) is 5.75 Å². The van der Waals surface area contributed by atoms with Crippen LogP contribution in [0.3, 0.4) is 0 Å². The summed E-state index contributed by atoms with van der Waals surface area (Å²) in [7, 11) is 0. The van der Waals surface area contributed by atoms with Crippen molar-refractivity contribution in [2.24, 2.45) is 0 Å². The van der Waals surface area contributed by atoms with Crippen molar-refractivity contribution in [3.63, 3.8) is 0 Å². The average molecular weight is 249 g/mol. The highest BCUT2D eigenvalue weighted by atomic mass is 16.5. The molecule has 3 heteroatoms. The maximum absolute atomic E-state index is 5.99. The van der Waals surface area contributed by atoms with Gasteiger partial charge < -0.3 is 14.8 Å². The largest absolute Gasteiger partial charge is 0.494 e. The number of hydrogen-bond acceptors (Lipinski definition) is 3. The molecule has 2 unspecified atom stereocenters. The Balaban J connectivity index is 2.07. The van der Waals surface area contributed by atoms with Gasteiger partial charge in [-0.05, 0) is 45.4 Å². The van der Waals surface area contributed by atoms with Crippen molar-refractivity contribution in [2.75, 3.05) is 13.2 Å². The highest BCUT2D eigenvalue weighted by Gasteiger charge is 2.33. The molecule has 1 aliphatic heterocycles. The summed E-state index contributed by atoms with van der Waals surface area (Å²) in [5, 5.41) is 3.59. The van der Waals surface area contributed by atoms with E-state index in [9.17, 15) is 0 Å². The van der Waals surface area contributed by atoms with E-state index in [2.05, 4.69) is 38.2 Å². The van der Waals surface area contributed by atoms with E-state index in [0.717, 1.165) is 12.4 Å². The van der Waals surface area contributed by atoms with E-state index in [1.165, 1.54) is 5.56 Å². The monoisotopic (exact) mass is 249 g/mol. The van der Waals surface area contributed by atoms with E-state index in [-0.39, 0.29) is 11.6 Å². The molecular formula is C15H23NO2. The molecule has 1 heterocycles. The van der Waals surface area contributed by atoms with Gasteiger partial charge in [0.2, 0.25) is 0 Å². The number of hydrogen-bond donors (Lipinski definition) is 1. The molecule has 1 saturated heterocycles. The number of rotatable bonds is 3. The van der Waals surface area contributed by atoms with Crippen LogP contribution in [-0.2, 0) is 4.74 Å². The summed E-state index contributed by atoms with van der Waals surface area (Å²) < 4.78 is 11.4. The van der Waals surface area contributed by atoms with Crippen molar-refractivity contribution in [1.29, 1.82) is 0 Å². The molecule has 1 N–H and O–H groups in total. The maximum Gasteiger partial charge on any atom is 0.119 e. The smallest absolute Gasteiger partial charge is 0.119 e. The van der Waals surface area contributed by atoms with Crippen molar-refractivity contribution in [1.82, 2.24) is 5.32 Å². The molecule has 0 saturated carbocycles.